The van der Waals surface area contributed by atoms with Gasteiger partial charge in [0.25, 0.3) is 5.91 Å². The van der Waals surface area contributed by atoms with Crippen LogP contribution in [0, 0.1) is 0 Å². The maximum atomic E-state index is 12.8. The summed E-state index contributed by atoms with van der Waals surface area (Å²) in [5, 5.41) is 4.54. The molecule has 1 aliphatic heterocycles. The molecule has 17 heavy (non-hydrogen) atoms. The summed E-state index contributed by atoms with van der Waals surface area (Å²) < 4.78 is 38.4. The maximum Gasteiger partial charge on any atom is 0.420 e. The molecular weight excluding hydrogens is 257 g/mol. The summed E-state index contributed by atoms with van der Waals surface area (Å²) in [6.45, 7) is 0.784. The summed E-state index contributed by atoms with van der Waals surface area (Å²) in [5.74, 6) is -1.18. The SMILES string of the molecule is CC1(C(F)(F)F)Nc2cccc(Cl)c2NC1=O. The van der Waals surface area contributed by atoms with Gasteiger partial charge in [0, 0.05) is 0 Å². The number of hydrogen-bond acceptors (Lipinski definition) is 2. The number of carbonyl (C=O) groups is 1. The molecule has 0 saturated heterocycles. The van der Waals surface area contributed by atoms with Gasteiger partial charge in [0.2, 0.25) is 5.54 Å². The first-order valence-corrected chi connectivity index (χ1v) is 5.08. The van der Waals surface area contributed by atoms with Gasteiger partial charge < -0.3 is 10.6 Å². The van der Waals surface area contributed by atoms with Gasteiger partial charge in [-0.2, -0.15) is 13.2 Å². The van der Waals surface area contributed by atoms with E-state index < -0.39 is 17.6 Å². The minimum Gasteiger partial charge on any atom is -0.362 e. The van der Waals surface area contributed by atoms with Gasteiger partial charge in [0.1, 0.15) is 0 Å². The molecule has 0 aliphatic carbocycles. The Balaban J connectivity index is 2.51. The highest BCUT2D eigenvalue weighted by Crippen LogP contribution is 2.42. The first-order valence-electron chi connectivity index (χ1n) is 4.70. The van der Waals surface area contributed by atoms with Crippen LogP contribution in [0.25, 0.3) is 0 Å². The molecule has 2 rings (SSSR count). The van der Waals surface area contributed by atoms with Gasteiger partial charge >= 0.3 is 6.18 Å². The van der Waals surface area contributed by atoms with Crippen LogP contribution in [0.3, 0.4) is 0 Å². The normalized spacial score (nSPS) is 23.7. The number of halogens is 4. The number of amides is 1. The minimum atomic E-state index is -4.70. The topological polar surface area (TPSA) is 41.1 Å². The van der Waals surface area contributed by atoms with E-state index >= 15 is 0 Å². The second-order valence-corrected chi connectivity index (χ2v) is 4.27. The zero-order chi connectivity index (χ0) is 12.8. The van der Waals surface area contributed by atoms with E-state index in [2.05, 4.69) is 10.6 Å². The van der Waals surface area contributed by atoms with Gasteiger partial charge in [0.05, 0.1) is 16.4 Å². The molecule has 2 N–H and O–H groups in total. The molecular formula is C10H8ClF3N2O. The van der Waals surface area contributed by atoms with Crippen LogP contribution in [-0.2, 0) is 4.79 Å². The highest BCUT2D eigenvalue weighted by molar-refractivity contribution is 6.35. The fourth-order valence-electron chi connectivity index (χ4n) is 1.52. The van der Waals surface area contributed by atoms with E-state index in [1.807, 2.05) is 0 Å². The quantitative estimate of drug-likeness (QED) is 0.756. The fraction of sp³-hybridized carbons (Fsp3) is 0.300. The van der Waals surface area contributed by atoms with Gasteiger partial charge in [-0.1, -0.05) is 17.7 Å². The lowest BCUT2D eigenvalue weighted by atomic mass is 9.96. The van der Waals surface area contributed by atoms with Crippen LogP contribution >= 0.6 is 11.6 Å². The second kappa shape index (κ2) is 3.53. The van der Waals surface area contributed by atoms with Crippen LogP contribution < -0.4 is 10.6 Å². The smallest absolute Gasteiger partial charge is 0.362 e. The van der Waals surface area contributed by atoms with Crippen molar-refractivity contribution < 1.29 is 18.0 Å². The first kappa shape index (κ1) is 12.0. The predicted octanol–water partition coefficient (Wildman–Crippen LogP) is 3.03. The number of carbonyl (C=O) groups excluding carboxylic acids is 1. The molecule has 1 aromatic carbocycles. The molecule has 0 aromatic heterocycles. The van der Waals surface area contributed by atoms with Gasteiger partial charge in [-0.05, 0) is 19.1 Å². The zero-order valence-corrected chi connectivity index (χ0v) is 9.41. The Labute approximate surface area is 99.9 Å². The second-order valence-electron chi connectivity index (χ2n) is 3.86. The molecule has 0 spiro atoms. The van der Waals surface area contributed by atoms with Crippen molar-refractivity contribution in [2.75, 3.05) is 10.6 Å². The number of rotatable bonds is 0. The summed E-state index contributed by atoms with van der Waals surface area (Å²) in [5.41, 5.74) is -2.33. The molecule has 0 bridgehead atoms. The van der Waals surface area contributed by atoms with Gasteiger partial charge in [-0.25, -0.2) is 0 Å². The van der Waals surface area contributed by atoms with Crippen molar-refractivity contribution in [3.8, 4) is 0 Å². The van der Waals surface area contributed by atoms with Crippen LogP contribution in [0.2, 0.25) is 5.02 Å². The van der Waals surface area contributed by atoms with Crippen LogP contribution in [-0.4, -0.2) is 17.6 Å². The van der Waals surface area contributed by atoms with Gasteiger partial charge in [0.15, 0.2) is 0 Å². The van der Waals surface area contributed by atoms with E-state index in [1.165, 1.54) is 18.2 Å². The van der Waals surface area contributed by atoms with Crippen molar-refractivity contribution in [2.24, 2.45) is 0 Å². The average Bonchev–Trinajstić information content (AvgIpc) is 2.20. The van der Waals surface area contributed by atoms with E-state index in [0.717, 1.165) is 6.92 Å². The maximum absolute atomic E-state index is 12.8. The molecule has 3 nitrogen and oxygen atoms in total. The highest BCUT2D eigenvalue weighted by Gasteiger charge is 2.58. The van der Waals surface area contributed by atoms with Gasteiger partial charge in [-0.3, -0.25) is 4.79 Å². The average molecular weight is 265 g/mol. The minimum absolute atomic E-state index is 0.150. The molecule has 7 heteroatoms. The third-order valence-corrected chi connectivity index (χ3v) is 2.97. The summed E-state index contributed by atoms with van der Waals surface area (Å²) in [4.78, 5) is 11.5. The standard InChI is InChI=1S/C10H8ClF3N2O/c1-9(10(12,13)14)8(17)15-7-5(11)3-2-4-6(7)16-9/h2-4,16H,1H3,(H,15,17). The lowest BCUT2D eigenvalue weighted by Crippen LogP contribution is -2.60. The van der Waals surface area contributed by atoms with Crippen LogP contribution in [0.5, 0.6) is 0 Å². The molecule has 1 unspecified atom stereocenters. The van der Waals surface area contributed by atoms with Crippen LogP contribution in [0.1, 0.15) is 6.92 Å². The van der Waals surface area contributed by atoms with Crippen LogP contribution in [0.4, 0.5) is 24.5 Å². The molecule has 0 saturated carbocycles. The number of alkyl halides is 3. The summed E-state index contributed by atoms with van der Waals surface area (Å²) in [6.07, 6.45) is -4.70. The Morgan fingerprint density at radius 1 is 1.35 bits per heavy atom. The molecule has 1 aromatic rings. The van der Waals surface area contributed by atoms with Crippen molar-refractivity contribution >= 4 is 28.9 Å². The van der Waals surface area contributed by atoms with Gasteiger partial charge in [-0.15, -0.1) is 0 Å². The van der Waals surface area contributed by atoms with Crippen molar-refractivity contribution in [3.63, 3.8) is 0 Å². The number of benzene rings is 1. The van der Waals surface area contributed by atoms with E-state index in [-0.39, 0.29) is 16.4 Å². The number of fused-ring (bicyclic) bond motifs is 1. The van der Waals surface area contributed by atoms with Crippen LogP contribution in [0.15, 0.2) is 18.2 Å². The molecule has 1 heterocycles. The molecule has 1 aliphatic rings. The lowest BCUT2D eigenvalue weighted by molar-refractivity contribution is -0.179. The van der Waals surface area contributed by atoms with Crippen molar-refractivity contribution in [1.82, 2.24) is 0 Å². The molecule has 0 fully saturated rings. The molecule has 1 amide bonds. The van der Waals surface area contributed by atoms with Crippen molar-refractivity contribution in [2.45, 2.75) is 18.6 Å². The van der Waals surface area contributed by atoms with E-state index in [9.17, 15) is 18.0 Å². The molecule has 92 valence electrons. The Morgan fingerprint density at radius 3 is 2.59 bits per heavy atom. The number of anilines is 2. The monoisotopic (exact) mass is 264 g/mol. The fourth-order valence-corrected chi connectivity index (χ4v) is 1.74. The Bertz CT molecular complexity index is 489. The lowest BCUT2D eigenvalue weighted by Gasteiger charge is -2.37. The first-order chi connectivity index (χ1) is 7.75. The summed E-state index contributed by atoms with van der Waals surface area (Å²) in [7, 11) is 0. The third-order valence-electron chi connectivity index (χ3n) is 2.66. The van der Waals surface area contributed by atoms with Crippen molar-refractivity contribution in [1.29, 1.82) is 0 Å². The third kappa shape index (κ3) is 1.72. The van der Waals surface area contributed by atoms with E-state index in [4.69, 9.17) is 11.6 Å². The van der Waals surface area contributed by atoms with E-state index in [0.29, 0.717) is 0 Å². The van der Waals surface area contributed by atoms with E-state index in [1.54, 1.807) is 0 Å². The number of para-hydroxylation sites is 1. The Kier molecular flexibility index (Phi) is 2.50. The molecule has 1 atom stereocenters. The Morgan fingerprint density at radius 2 is 2.00 bits per heavy atom. The Hall–Kier alpha value is -1.43. The summed E-state index contributed by atoms with van der Waals surface area (Å²) in [6, 6.07) is 4.41. The predicted molar refractivity (Wildman–Crippen MR) is 58.2 cm³/mol. The summed E-state index contributed by atoms with van der Waals surface area (Å²) >= 11 is 5.78. The highest BCUT2D eigenvalue weighted by atomic mass is 35.5. The zero-order valence-electron chi connectivity index (χ0n) is 8.65. The molecule has 0 radical (unpaired) electrons. The number of hydrogen-bond donors (Lipinski definition) is 2. The largest absolute Gasteiger partial charge is 0.420 e. The van der Waals surface area contributed by atoms with Crippen molar-refractivity contribution in [3.05, 3.63) is 23.2 Å². The number of nitrogens with one attached hydrogen (secondary N) is 2.